The van der Waals surface area contributed by atoms with Crippen LogP contribution in [0.1, 0.15) is 33.1 Å². The molecule has 0 atom stereocenters. The van der Waals surface area contributed by atoms with Gasteiger partial charge in [-0.05, 0) is 51.3 Å². The summed E-state index contributed by atoms with van der Waals surface area (Å²) in [6.45, 7) is 5.33. The lowest BCUT2D eigenvalue weighted by atomic mass is 9.90. The summed E-state index contributed by atoms with van der Waals surface area (Å²) < 4.78 is 14.7. The van der Waals surface area contributed by atoms with Crippen LogP contribution >= 0.6 is 15.9 Å². The fraction of sp³-hybridized carbons (Fsp3) is 0.538. The van der Waals surface area contributed by atoms with E-state index in [0.717, 1.165) is 29.5 Å². The minimum Gasteiger partial charge on any atom is -0.364 e. The molecule has 1 heterocycles. The minimum atomic E-state index is -0.135. The molecule has 17 heavy (non-hydrogen) atoms. The first-order chi connectivity index (χ1) is 7.50. The van der Waals surface area contributed by atoms with Gasteiger partial charge in [0, 0.05) is 16.6 Å². The molecule has 0 radical (unpaired) electrons. The van der Waals surface area contributed by atoms with Crippen molar-refractivity contribution in [3.05, 3.63) is 28.5 Å². The van der Waals surface area contributed by atoms with Crippen LogP contribution in [0.15, 0.2) is 22.7 Å². The number of benzene rings is 1. The van der Waals surface area contributed by atoms with Gasteiger partial charge in [-0.2, -0.15) is 0 Å². The lowest BCUT2D eigenvalue weighted by Crippen LogP contribution is -2.48. The highest BCUT2D eigenvalue weighted by atomic mass is 79.9. The maximum absolute atomic E-state index is 13.9. The maximum Gasteiger partial charge on any atom is 0.147 e. The first-order valence-electron chi connectivity index (χ1n) is 5.73. The molecular formula is C13H20BrFN2. The molecule has 0 aliphatic carbocycles. The summed E-state index contributed by atoms with van der Waals surface area (Å²) in [5.41, 5.74) is 0.792. The highest BCUT2D eigenvalue weighted by Gasteiger charge is 2.31. The molecule has 0 amide bonds. The molecule has 2 nitrogen and oxygen atoms in total. The molecule has 0 unspecified atom stereocenters. The van der Waals surface area contributed by atoms with Crippen LogP contribution in [0.4, 0.5) is 10.1 Å². The Morgan fingerprint density at radius 3 is 2.59 bits per heavy atom. The van der Waals surface area contributed by atoms with Gasteiger partial charge in [-0.3, -0.25) is 0 Å². The summed E-state index contributed by atoms with van der Waals surface area (Å²) in [5.74, 6) is -0.135. The molecule has 3 N–H and O–H groups in total. The largest absolute Gasteiger partial charge is 0.364 e. The van der Waals surface area contributed by atoms with Crippen LogP contribution in [0.3, 0.4) is 0 Å². The van der Waals surface area contributed by atoms with Crippen molar-refractivity contribution in [2.75, 3.05) is 11.4 Å². The monoisotopic (exact) mass is 302 g/mol. The minimum absolute atomic E-state index is 0. The Hall–Kier alpha value is -0.610. The van der Waals surface area contributed by atoms with Crippen LogP contribution in [0.25, 0.3) is 0 Å². The van der Waals surface area contributed by atoms with Crippen molar-refractivity contribution in [3.8, 4) is 0 Å². The zero-order valence-corrected chi connectivity index (χ0v) is 12.1. The molecule has 0 saturated carbocycles. The lowest BCUT2D eigenvalue weighted by Gasteiger charge is -2.44. The summed E-state index contributed by atoms with van der Waals surface area (Å²) in [7, 11) is 0. The first kappa shape index (κ1) is 14.5. The number of nitrogens with zero attached hydrogens (tertiary/aromatic N) is 1. The van der Waals surface area contributed by atoms with E-state index in [1.54, 1.807) is 6.07 Å². The quantitative estimate of drug-likeness (QED) is 0.828. The molecule has 1 aliphatic rings. The smallest absolute Gasteiger partial charge is 0.147 e. The SMILES string of the molecule is CC1(C)CCCCN1c1ccc(Br)cc1F.N. The summed E-state index contributed by atoms with van der Waals surface area (Å²) in [5, 5.41) is 0. The molecule has 4 heteroatoms. The molecule has 1 saturated heterocycles. The van der Waals surface area contributed by atoms with Crippen molar-refractivity contribution < 1.29 is 4.39 Å². The average molecular weight is 303 g/mol. The third-order valence-electron chi connectivity index (χ3n) is 3.35. The van der Waals surface area contributed by atoms with Crippen molar-refractivity contribution in [2.45, 2.75) is 38.6 Å². The molecule has 0 bridgehead atoms. The highest BCUT2D eigenvalue weighted by molar-refractivity contribution is 9.10. The van der Waals surface area contributed by atoms with E-state index >= 15 is 0 Å². The fourth-order valence-electron chi connectivity index (χ4n) is 2.41. The zero-order valence-electron chi connectivity index (χ0n) is 10.5. The Balaban J connectivity index is 0.00000144. The Morgan fingerprint density at radius 1 is 1.29 bits per heavy atom. The standard InChI is InChI=1S/C13H17BrFN.H3N/c1-13(2)7-3-4-8-16(13)12-6-5-10(14)9-11(12)15;/h5-6,9H,3-4,7-8H2,1-2H3;1H3. The summed E-state index contributed by atoms with van der Waals surface area (Å²) >= 11 is 3.29. The normalized spacial score (nSPS) is 18.7. The number of rotatable bonds is 1. The van der Waals surface area contributed by atoms with Gasteiger partial charge >= 0.3 is 0 Å². The topological polar surface area (TPSA) is 38.2 Å². The van der Waals surface area contributed by atoms with Gasteiger partial charge in [0.1, 0.15) is 5.82 Å². The van der Waals surface area contributed by atoms with Crippen LogP contribution in [0, 0.1) is 5.82 Å². The number of halogens is 2. The van der Waals surface area contributed by atoms with Crippen molar-refractivity contribution in [1.29, 1.82) is 0 Å². The van der Waals surface area contributed by atoms with Gasteiger partial charge in [0.2, 0.25) is 0 Å². The van der Waals surface area contributed by atoms with E-state index in [1.165, 1.54) is 6.42 Å². The predicted octanol–water partition coefficient (Wildman–Crippen LogP) is 4.52. The lowest BCUT2D eigenvalue weighted by molar-refractivity contribution is 0.357. The van der Waals surface area contributed by atoms with Crippen molar-refractivity contribution in [2.24, 2.45) is 0 Å². The number of hydrogen-bond donors (Lipinski definition) is 1. The van der Waals surface area contributed by atoms with Gasteiger partial charge in [0.25, 0.3) is 0 Å². The molecular weight excluding hydrogens is 283 g/mol. The summed E-state index contributed by atoms with van der Waals surface area (Å²) in [6.07, 6.45) is 3.52. The molecule has 1 fully saturated rings. The third-order valence-corrected chi connectivity index (χ3v) is 3.84. The Kier molecular flexibility index (Phi) is 4.55. The van der Waals surface area contributed by atoms with E-state index in [1.807, 2.05) is 12.1 Å². The second-order valence-electron chi connectivity index (χ2n) is 5.02. The van der Waals surface area contributed by atoms with Crippen LogP contribution < -0.4 is 11.1 Å². The van der Waals surface area contributed by atoms with E-state index in [9.17, 15) is 4.39 Å². The van der Waals surface area contributed by atoms with Crippen LogP contribution in [-0.2, 0) is 0 Å². The van der Waals surface area contributed by atoms with E-state index in [4.69, 9.17) is 0 Å². The summed E-state index contributed by atoms with van der Waals surface area (Å²) in [6, 6.07) is 5.32. The van der Waals surface area contributed by atoms with Gasteiger partial charge in [-0.1, -0.05) is 15.9 Å². The molecule has 1 aliphatic heterocycles. The maximum atomic E-state index is 13.9. The van der Waals surface area contributed by atoms with Crippen LogP contribution in [-0.4, -0.2) is 12.1 Å². The number of piperidine rings is 1. The fourth-order valence-corrected chi connectivity index (χ4v) is 2.74. The number of anilines is 1. The first-order valence-corrected chi connectivity index (χ1v) is 6.53. The average Bonchev–Trinajstić information content (AvgIpc) is 2.19. The molecule has 0 spiro atoms. The van der Waals surface area contributed by atoms with Crippen molar-refractivity contribution in [1.82, 2.24) is 6.15 Å². The second kappa shape index (κ2) is 5.36. The van der Waals surface area contributed by atoms with Gasteiger partial charge in [0.15, 0.2) is 0 Å². The predicted molar refractivity (Wildman–Crippen MR) is 74.4 cm³/mol. The molecule has 1 aromatic rings. The van der Waals surface area contributed by atoms with Crippen LogP contribution in [0.5, 0.6) is 0 Å². The Bertz CT molecular complexity index is 393. The summed E-state index contributed by atoms with van der Waals surface area (Å²) in [4.78, 5) is 2.19. The Labute approximate surface area is 111 Å². The van der Waals surface area contributed by atoms with E-state index in [0.29, 0.717) is 0 Å². The highest BCUT2D eigenvalue weighted by Crippen LogP contribution is 2.34. The van der Waals surface area contributed by atoms with E-state index in [2.05, 4.69) is 34.7 Å². The van der Waals surface area contributed by atoms with Crippen molar-refractivity contribution in [3.63, 3.8) is 0 Å². The Morgan fingerprint density at radius 2 is 2.00 bits per heavy atom. The molecule has 96 valence electrons. The molecule has 0 aromatic heterocycles. The van der Waals surface area contributed by atoms with Gasteiger partial charge in [-0.15, -0.1) is 0 Å². The van der Waals surface area contributed by atoms with Gasteiger partial charge < -0.3 is 11.1 Å². The second-order valence-corrected chi connectivity index (χ2v) is 5.93. The van der Waals surface area contributed by atoms with E-state index in [-0.39, 0.29) is 17.5 Å². The number of hydrogen-bond acceptors (Lipinski definition) is 2. The van der Waals surface area contributed by atoms with Gasteiger partial charge in [0.05, 0.1) is 5.69 Å². The zero-order chi connectivity index (χ0) is 11.8. The van der Waals surface area contributed by atoms with E-state index < -0.39 is 0 Å². The van der Waals surface area contributed by atoms with Crippen LogP contribution in [0.2, 0.25) is 0 Å². The van der Waals surface area contributed by atoms with Gasteiger partial charge in [-0.25, -0.2) is 4.39 Å². The van der Waals surface area contributed by atoms with Crippen molar-refractivity contribution >= 4 is 21.6 Å². The molecule has 2 rings (SSSR count). The third kappa shape index (κ3) is 2.99. The molecule has 1 aromatic carbocycles.